The molecule has 2 heterocycles. The van der Waals surface area contributed by atoms with Crippen LogP contribution in [0.25, 0.3) is 11.4 Å². The average Bonchev–Trinajstić information content (AvgIpc) is 3.18. The van der Waals surface area contributed by atoms with Gasteiger partial charge >= 0.3 is 0 Å². The maximum Gasteiger partial charge on any atom is 0.244 e. The molecule has 118 valence electrons. The first-order chi connectivity index (χ1) is 10.6. The topological polar surface area (TPSA) is 62.4 Å². The highest BCUT2D eigenvalue weighted by molar-refractivity contribution is 5.54. The number of aliphatic hydroxyl groups excluding tert-OH is 1. The maximum atomic E-state index is 13.6. The normalized spacial score (nSPS) is 20.5. The molecule has 0 aliphatic carbocycles. The van der Waals surface area contributed by atoms with Gasteiger partial charge in [0.2, 0.25) is 11.7 Å². The zero-order valence-corrected chi connectivity index (χ0v) is 12.8. The van der Waals surface area contributed by atoms with Gasteiger partial charge in [-0.05, 0) is 44.4 Å². The van der Waals surface area contributed by atoms with Crippen molar-refractivity contribution < 1.29 is 14.0 Å². The van der Waals surface area contributed by atoms with E-state index in [2.05, 4.69) is 15.0 Å². The van der Waals surface area contributed by atoms with Gasteiger partial charge in [-0.3, -0.25) is 4.90 Å². The van der Waals surface area contributed by atoms with Crippen molar-refractivity contribution in [2.24, 2.45) is 5.92 Å². The van der Waals surface area contributed by atoms with Crippen LogP contribution in [-0.4, -0.2) is 39.8 Å². The maximum absolute atomic E-state index is 13.6. The Kier molecular flexibility index (Phi) is 4.22. The van der Waals surface area contributed by atoms with Crippen molar-refractivity contribution in [2.75, 3.05) is 19.7 Å². The molecule has 3 rings (SSSR count). The van der Waals surface area contributed by atoms with E-state index in [9.17, 15) is 9.50 Å². The average molecular weight is 305 g/mol. The molecule has 0 radical (unpaired) electrons. The number of aliphatic hydroxyl groups is 1. The number of benzene rings is 1. The Labute approximate surface area is 128 Å². The number of rotatable bonds is 4. The molecule has 1 aromatic heterocycles. The first-order valence-corrected chi connectivity index (χ1v) is 7.53. The summed E-state index contributed by atoms with van der Waals surface area (Å²) in [6, 6.07) is 4.91. The fourth-order valence-electron chi connectivity index (χ4n) is 2.77. The van der Waals surface area contributed by atoms with Gasteiger partial charge < -0.3 is 9.63 Å². The smallest absolute Gasteiger partial charge is 0.244 e. The lowest BCUT2D eigenvalue weighted by molar-refractivity contribution is 0.182. The predicted octanol–water partition coefficient (Wildman–Crippen LogP) is 2.56. The monoisotopic (exact) mass is 305 g/mol. The number of likely N-dealkylation sites (tertiary alicyclic amines) is 1. The SMILES string of the molecule is Cc1ccc(-c2noc(C(C)N3CCC(CO)C3)n2)cc1F. The Morgan fingerprint density at radius 3 is 3.00 bits per heavy atom. The molecule has 1 saturated heterocycles. The predicted molar refractivity (Wildman–Crippen MR) is 79.6 cm³/mol. The first-order valence-electron chi connectivity index (χ1n) is 7.53. The molecule has 0 saturated carbocycles. The minimum Gasteiger partial charge on any atom is -0.396 e. The summed E-state index contributed by atoms with van der Waals surface area (Å²) in [4.78, 5) is 6.61. The molecule has 1 aromatic carbocycles. The lowest BCUT2D eigenvalue weighted by Crippen LogP contribution is -2.25. The summed E-state index contributed by atoms with van der Waals surface area (Å²) in [7, 11) is 0. The number of halogens is 1. The number of aryl methyl sites for hydroxylation is 1. The van der Waals surface area contributed by atoms with Crippen LogP contribution in [0, 0.1) is 18.7 Å². The van der Waals surface area contributed by atoms with Crippen LogP contribution in [0.5, 0.6) is 0 Å². The zero-order chi connectivity index (χ0) is 15.7. The largest absolute Gasteiger partial charge is 0.396 e. The molecule has 0 bridgehead atoms. The number of nitrogens with zero attached hydrogens (tertiary/aromatic N) is 3. The van der Waals surface area contributed by atoms with E-state index in [-0.39, 0.29) is 18.5 Å². The lowest BCUT2D eigenvalue weighted by Gasteiger charge is -2.20. The van der Waals surface area contributed by atoms with Gasteiger partial charge in [0.15, 0.2) is 0 Å². The van der Waals surface area contributed by atoms with Crippen LogP contribution in [0.4, 0.5) is 4.39 Å². The van der Waals surface area contributed by atoms with Gasteiger partial charge in [-0.15, -0.1) is 0 Å². The first kappa shape index (κ1) is 15.1. The lowest BCUT2D eigenvalue weighted by atomic mass is 10.1. The van der Waals surface area contributed by atoms with E-state index in [0.29, 0.717) is 28.8 Å². The zero-order valence-electron chi connectivity index (χ0n) is 12.8. The Morgan fingerprint density at radius 1 is 1.50 bits per heavy atom. The Balaban J connectivity index is 1.77. The summed E-state index contributed by atoms with van der Waals surface area (Å²) in [6.07, 6.45) is 0.977. The quantitative estimate of drug-likeness (QED) is 0.940. The van der Waals surface area contributed by atoms with Crippen molar-refractivity contribution >= 4 is 0 Å². The van der Waals surface area contributed by atoms with Crippen molar-refractivity contribution in [3.05, 3.63) is 35.5 Å². The molecular formula is C16H20FN3O2. The van der Waals surface area contributed by atoms with E-state index in [0.717, 1.165) is 19.5 Å². The third-order valence-electron chi connectivity index (χ3n) is 4.35. The second kappa shape index (κ2) is 6.14. The number of hydrogen-bond acceptors (Lipinski definition) is 5. The van der Waals surface area contributed by atoms with E-state index < -0.39 is 0 Å². The summed E-state index contributed by atoms with van der Waals surface area (Å²) in [5, 5.41) is 13.2. The highest BCUT2D eigenvalue weighted by Gasteiger charge is 2.29. The van der Waals surface area contributed by atoms with Crippen LogP contribution in [0.2, 0.25) is 0 Å². The van der Waals surface area contributed by atoms with Crippen molar-refractivity contribution in [3.8, 4) is 11.4 Å². The van der Waals surface area contributed by atoms with Crippen LogP contribution < -0.4 is 0 Å². The van der Waals surface area contributed by atoms with E-state index in [1.165, 1.54) is 6.07 Å². The fraction of sp³-hybridized carbons (Fsp3) is 0.500. The van der Waals surface area contributed by atoms with Gasteiger partial charge in [0.05, 0.1) is 6.04 Å². The van der Waals surface area contributed by atoms with Gasteiger partial charge in [0.1, 0.15) is 5.82 Å². The summed E-state index contributed by atoms with van der Waals surface area (Å²) in [5.41, 5.74) is 1.20. The summed E-state index contributed by atoms with van der Waals surface area (Å²) in [6.45, 7) is 5.67. The van der Waals surface area contributed by atoms with Crippen molar-refractivity contribution in [2.45, 2.75) is 26.3 Å². The van der Waals surface area contributed by atoms with Crippen LogP contribution in [0.15, 0.2) is 22.7 Å². The van der Waals surface area contributed by atoms with Gasteiger partial charge in [0.25, 0.3) is 0 Å². The molecule has 2 atom stereocenters. The summed E-state index contributed by atoms with van der Waals surface area (Å²) < 4.78 is 19.0. The highest BCUT2D eigenvalue weighted by atomic mass is 19.1. The molecule has 1 aliphatic heterocycles. The molecule has 1 aliphatic rings. The van der Waals surface area contributed by atoms with E-state index in [1.54, 1.807) is 19.1 Å². The van der Waals surface area contributed by atoms with Crippen LogP contribution in [-0.2, 0) is 0 Å². The van der Waals surface area contributed by atoms with Gasteiger partial charge in [-0.25, -0.2) is 4.39 Å². The molecule has 0 spiro atoms. The summed E-state index contributed by atoms with van der Waals surface area (Å²) in [5.74, 6) is 0.964. The summed E-state index contributed by atoms with van der Waals surface area (Å²) >= 11 is 0. The van der Waals surface area contributed by atoms with Crippen LogP contribution >= 0.6 is 0 Å². The minimum atomic E-state index is -0.276. The third-order valence-corrected chi connectivity index (χ3v) is 4.35. The highest BCUT2D eigenvalue weighted by Crippen LogP contribution is 2.28. The van der Waals surface area contributed by atoms with Crippen LogP contribution in [0.1, 0.15) is 30.8 Å². The van der Waals surface area contributed by atoms with Crippen molar-refractivity contribution in [1.82, 2.24) is 15.0 Å². The number of aromatic nitrogens is 2. The number of hydrogen-bond donors (Lipinski definition) is 1. The molecule has 2 aromatic rings. The Hall–Kier alpha value is -1.79. The molecule has 5 nitrogen and oxygen atoms in total. The molecule has 2 unspecified atom stereocenters. The van der Waals surface area contributed by atoms with Crippen molar-refractivity contribution in [3.63, 3.8) is 0 Å². The van der Waals surface area contributed by atoms with Gasteiger partial charge in [-0.2, -0.15) is 4.98 Å². The molecule has 1 fully saturated rings. The Bertz CT molecular complexity index is 659. The molecule has 22 heavy (non-hydrogen) atoms. The van der Waals surface area contributed by atoms with Crippen LogP contribution in [0.3, 0.4) is 0 Å². The standard InChI is InChI=1S/C16H20FN3O2/c1-10-3-4-13(7-14(10)17)15-18-16(22-19-15)11(2)20-6-5-12(8-20)9-21/h3-4,7,11-12,21H,5-6,8-9H2,1-2H3. The second-order valence-corrected chi connectivity index (χ2v) is 5.93. The van der Waals surface area contributed by atoms with Gasteiger partial charge in [0, 0.05) is 18.7 Å². The van der Waals surface area contributed by atoms with Gasteiger partial charge in [-0.1, -0.05) is 17.3 Å². The second-order valence-electron chi connectivity index (χ2n) is 5.93. The van der Waals surface area contributed by atoms with Crippen molar-refractivity contribution in [1.29, 1.82) is 0 Å². The molecule has 1 N–H and O–H groups in total. The third kappa shape index (κ3) is 2.89. The Morgan fingerprint density at radius 2 is 2.32 bits per heavy atom. The molecular weight excluding hydrogens is 285 g/mol. The van der Waals surface area contributed by atoms with E-state index in [4.69, 9.17) is 4.52 Å². The minimum absolute atomic E-state index is 0.00639. The van der Waals surface area contributed by atoms with E-state index >= 15 is 0 Å². The molecule has 0 amide bonds. The molecule has 6 heteroatoms. The van der Waals surface area contributed by atoms with E-state index in [1.807, 2.05) is 6.92 Å². The fourth-order valence-corrected chi connectivity index (χ4v) is 2.77.